The summed E-state index contributed by atoms with van der Waals surface area (Å²) in [7, 11) is 0. The van der Waals surface area contributed by atoms with Gasteiger partial charge in [0, 0.05) is 31.1 Å². The molecular weight excluding hydrogens is 278 g/mol. The van der Waals surface area contributed by atoms with Crippen molar-refractivity contribution >= 4 is 11.8 Å². The molecule has 3 rings (SSSR count). The van der Waals surface area contributed by atoms with Crippen molar-refractivity contribution in [2.24, 2.45) is 5.92 Å². The normalized spacial score (nSPS) is 37.3. The van der Waals surface area contributed by atoms with Gasteiger partial charge in [-0.1, -0.05) is 6.92 Å². The van der Waals surface area contributed by atoms with Gasteiger partial charge in [-0.25, -0.2) is 0 Å². The first-order valence-electron chi connectivity index (χ1n) is 8.89. The molecule has 22 heavy (non-hydrogen) atoms. The fraction of sp³-hybridized carbons (Fsp3) is 0.882. The lowest BCUT2D eigenvalue weighted by atomic mass is 9.87. The Hall–Kier alpha value is -1.10. The number of carbonyl (C=O) groups is 2. The van der Waals surface area contributed by atoms with Gasteiger partial charge in [0.1, 0.15) is 0 Å². The molecule has 0 aromatic rings. The van der Waals surface area contributed by atoms with Crippen LogP contribution in [0.25, 0.3) is 0 Å². The van der Waals surface area contributed by atoms with E-state index in [4.69, 9.17) is 0 Å². The monoisotopic (exact) mass is 307 g/mol. The molecule has 2 heterocycles. The van der Waals surface area contributed by atoms with Crippen LogP contribution in [0.1, 0.15) is 58.8 Å². The molecule has 1 saturated carbocycles. The Morgan fingerprint density at radius 2 is 1.86 bits per heavy atom. The topological polar surface area (TPSA) is 61.4 Å². The summed E-state index contributed by atoms with van der Waals surface area (Å²) in [5, 5.41) is 6.22. The predicted molar refractivity (Wildman–Crippen MR) is 85.3 cm³/mol. The zero-order valence-electron chi connectivity index (χ0n) is 13.8. The molecule has 5 heteroatoms. The second-order valence-electron chi connectivity index (χ2n) is 7.48. The zero-order chi connectivity index (χ0) is 15.7. The minimum atomic E-state index is -0.135. The number of amides is 2. The highest BCUT2D eigenvalue weighted by atomic mass is 16.2. The van der Waals surface area contributed by atoms with E-state index in [1.165, 1.54) is 12.8 Å². The summed E-state index contributed by atoms with van der Waals surface area (Å²) in [6.07, 6.45) is 7.30. The number of carbonyl (C=O) groups excluding carboxylic acids is 2. The maximum Gasteiger partial charge on any atom is 0.237 e. The van der Waals surface area contributed by atoms with E-state index in [0.717, 1.165) is 31.6 Å². The smallest absolute Gasteiger partial charge is 0.237 e. The Bertz CT molecular complexity index is 432. The standard InChI is InChI=1S/C17H29N3O2/c1-11-3-5-13(6-4-11)19-17(22)12(2)20-14-7-8-15(20)10-18-16(21)9-14/h11-15H,3-10H2,1-2H3,(H,18,21)(H,19,22). The van der Waals surface area contributed by atoms with E-state index in [-0.39, 0.29) is 23.9 Å². The minimum Gasteiger partial charge on any atom is -0.354 e. The fourth-order valence-electron chi connectivity index (χ4n) is 4.41. The molecule has 3 unspecified atom stereocenters. The van der Waals surface area contributed by atoms with Crippen LogP contribution in [0.4, 0.5) is 0 Å². The maximum absolute atomic E-state index is 12.6. The number of nitrogens with one attached hydrogen (secondary N) is 2. The van der Waals surface area contributed by atoms with Crippen LogP contribution in [0.3, 0.4) is 0 Å². The number of hydrogen-bond donors (Lipinski definition) is 2. The van der Waals surface area contributed by atoms with Crippen LogP contribution in [0, 0.1) is 5.92 Å². The van der Waals surface area contributed by atoms with Crippen LogP contribution in [-0.4, -0.2) is 47.4 Å². The van der Waals surface area contributed by atoms with E-state index >= 15 is 0 Å². The summed E-state index contributed by atoms with van der Waals surface area (Å²) in [6.45, 7) is 4.98. The summed E-state index contributed by atoms with van der Waals surface area (Å²) in [5.74, 6) is 1.07. The highest BCUT2D eigenvalue weighted by Crippen LogP contribution is 2.30. The molecule has 3 fully saturated rings. The van der Waals surface area contributed by atoms with Crippen LogP contribution in [0.2, 0.25) is 0 Å². The summed E-state index contributed by atoms with van der Waals surface area (Å²) >= 11 is 0. The average molecular weight is 307 g/mol. The van der Waals surface area contributed by atoms with E-state index < -0.39 is 0 Å². The lowest BCUT2D eigenvalue weighted by Gasteiger charge is -2.34. The minimum absolute atomic E-state index is 0.131. The van der Waals surface area contributed by atoms with Crippen LogP contribution in [-0.2, 0) is 9.59 Å². The summed E-state index contributed by atoms with van der Waals surface area (Å²) in [4.78, 5) is 26.7. The number of rotatable bonds is 3. The van der Waals surface area contributed by atoms with Crippen molar-refractivity contribution in [1.29, 1.82) is 0 Å². The van der Waals surface area contributed by atoms with E-state index in [9.17, 15) is 9.59 Å². The van der Waals surface area contributed by atoms with Crippen LogP contribution in [0.5, 0.6) is 0 Å². The Morgan fingerprint density at radius 3 is 2.59 bits per heavy atom. The van der Waals surface area contributed by atoms with Gasteiger partial charge in [-0.05, 0) is 51.4 Å². The third kappa shape index (κ3) is 3.29. The SMILES string of the molecule is CC1CCC(NC(=O)C(C)N2C3CCC2CC(=O)NC3)CC1. The van der Waals surface area contributed by atoms with Gasteiger partial charge in [-0.3, -0.25) is 14.5 Å². The molecule has 2 bridgehead atoms. The van der Waals surface area contributed by atoms with Crippen LogP contribution < -0.4 is 10.6 Å². The Labute approximate surface area is 133 Å². The maximum atomic E-state index is 12.6. The Morgan fingerprint density at radius 1 is 1.18 bits per heavy atom. The summed E-state index contributed by atoms with van der Waals surface area (Å²) in [6, 6.07) is 0.767. The lowest BCUT2D eigenvalue weighted by molar-refractivity contribution is -0.128. The molecule has 0 radical (unpaired) electrons. The highest BCUT2D eigenvalue weighted by Gasteiger charge is 2.42. The second-order valence-corrected chi connectivity index (χ2v) is 7.48. The molecule has 2 saturated heterocycles. The number of nitrogens with zero attached hydrogens (tertiary/aromatic N) is 1. The predicted octanol–water partition coefficient (Wildman–Crippen LogP) is 1.42. The molecule has 0 aromatic heterocycles. The van der Waals surface area contributed by atoms with Crippen molar-refractivity contribution in [3.05, 3.63) is 0 Å². The van der Waals surface area contributed by atoms with E-state index in [1.54, 1.807) is 0 Å². The van der Waals surface area contributed by atoms with Crippen molar-refractivity contribution in [2.75, 3.05) is 6.54 Å². The molecule has 2 N–H and O–H groups in total. The summed E-state index contributed by atoms with van der Waals surface area (Å²) < 4.78 is 0. The van der Waals surface area contributed by atoms with Gasteiger partial charge < -0.3 is 10.6 Å². The molecule has 1 aliphatic carbocycles. The first kappa shape index (κ1) is 15.8. The van der Waals surface area contributed by atoms with Gasteiger partial charge in [0.25, 0.3) is 0 Å². The van der Waals surface area contributed by atoms with Gasteiger partial charge >= 0.3 is 0 Å². The summed E-state index contributed by atoms with van der Waals surface area (Å²) in [5.41, 5.74) is 0. The van der Waals surface area contributed by atoms with Crippen molar-refractivity contribution < 1.29 is 9.59 Å². The third-order valence-electron chi connectivity index (χ3n) is 5.82. The number of hydrogen-bond acceptors (Lipinski definition) is 3. The van der Waals surface area contributed by atoms with E-state index in [1.807, 2.05) is 6.92 Å². The second kappa shape index (κ2) is 6.57. The van der Waals surface area contributed by atoms with Crippen molar-refractivity contribution in [1.82, 2.24) is 15.5 Å². The average Bonchev–Trinajstić information content (AvgIpc) is 2.80. The Balaban J connectivity index is 1.59. The van der Waals surface area contributed by atoms with Crippen molar-refractivity contribution in [3.63, 3.8) is 0 Å². The molecule has 3 atom stereocenters. The van der Waals surface area contributed by atoms with Crippen LogP contribution in [0.15, 0.2) is 0 Å². The molecule has 0 aromatic carbocycles. The van der Waals surface area contributed by atoms with Crippen LogP contribution >= 0.6 is 0 Å². The first-order chi connectivity index (χ1) is 10.5. The molecule has 5 nitrogen and oxygen atoms in total. The van der Waals surface area contributed by atoms with E-state index in [2.05, 4.69) is 22.5 Å². The van der Waals surface area contributed by atoms with Gasteiger partial charge in [0.15, 0.2) is 0 Å². The lowest BCUT2D eigenvalue weighted by Crippen LogP contribution is -2.53. The Kier molecular flexibility index (Phi) is 4.71. The molecule has 124 valence electrons. The third-order valence-corrected chi connectivity index (χ3v) is 5.82. The fourth-order valence-corrected chi connectivity index (χ4v) is 4.41. The quantitative estimate of drug-likeness (QED) is 0.829. The van der Waals surface area contributed by atoms with Gasteiger partial charge in [-0.15, -0.1) is 0 Å². The van der Waals surface area contributed by atoms with Crippen molar-refractivity contribution in [2.45, 2.75) is 83.0 Å². The van der Waals surface area contributed by atoms with Gasteiger partial charge in [-0.2, -0.15) is 0 Å². The van der Waals surface area contributed by atoms with Gasteiger partial charge in [0.05, 0.1) is 6.04 Å². The highest BCUT2D eigenvalue weighted by molar-refractivity contribution is 5.82. The molecule has 0 spiro atoms. The largest absolute Gasteiger partial charge is 0.354 e. The van der Waals surface area contributed by atoms with Crippen molar-refractivity contribution in [3.8, 4) is 0 Å². The molecule has 2 amide bonds. The van der Waals surface area contributed by atoms with Gasteiger partial charge in [0.2, 0.25) is 11.8 Å². The number of fused-ring (bicyclic) bond motifs is 2. The molecule has 3 aliphatic rings. The molecule has 2 aliphatic heterocycles. The first-order valence-corrected chi connectivity index (χ1v) is 8.89. The van der Waals surface area contributed by atoms with E-state index in [0.29, 0.717) is 25.0 Å². The zero-order valence-corrected chi connectivity index (χ0v) is 13.8. The molecular formula is C17H29N3O2.